The molecule has 1 aliphatic rings. The molecule has 1 N–H and O–H groups in total. The number of rotatable bonds is 6. The lowest BCUT2D eigenvalue weighted by atomic mass is 10.1. The van der Waals surface area contributed by atoms with Crippen LogP contribution in [-0.4, -0.2) is 25.0 Å². The van der Waals surface area contributed by atoms with Crippen LogP contribution < -0.4 is 15.0 Å². The van der Waals surface area contributed by atoms with E-state index in [1.807, 2.05) is 31.2 Å². The molecule has 27 heavy (non-hydrogen) atoms. The zero-order valence-corrected chi connectivity index (χ0v) is 15.7. The Bertz CT molecular complexity index is 856. The summed E-state index contributed by atoms with van der Waals surface area (Å²) in [5.41, 5.74) is 3.48. The Labute approximate surface area is 159 Å². The number of amides is 2. The fraction of sp³-hybridized carbons (Fsp3) is 0.273. The zero-order chi connectivity index (χ0) is 19.2. The summed E-state index contributed by atoms with van der Waals surface area (Å²) in [6, 6.07) is 13.3. The lowest BCUT2D eigenvalue weighted by Gasteiger charge is -2.29. The smallest absolute Gasteiger partial charge is 0.265 e. The van der Waals surface area contributed by atoms with E-state index in [1.165, 1.54) is 11.6 Å². The van der Waals surface area contributed by atoms with Gasteiger partial charge in [0, 0.05) is 18.3 Å². The van der Waals surface area contributed by atoms with Gasteiger partial charge in [-0.2, -0.15) is 0 Å². The Morgan fingerprint density at radius 3 is 2.74 bits per heavy atom. The van der Waals surface area contributed by atoms with Gasteiger partial charge >= 0.3 is 0 Å². The van der Waals surface area contributed by atoms with Crippen LogP contribution in [0.5, 0.6) is 5.75 Å². The molecular formula is C22H24N2O3. The molecular weight excluding hydrogens is 340 g/mol. The number of aryl methyl sites for hydroxylation is 1. The minimum absolute atomic E-state index is 0.0568. The molecule has 5 heteroatoms. The first-order valence-corrected chi connectivity index (χ1v) is 9.20. The number of fused-ring (bicyclic) bond motifs is 1. The highest BCUT2D eigenvalue weighted by atomic mass is 16.5. The predicted molar refractivity (Wildman–Crippen MR) is 108 cm³/mol. The maximum Gasteiger partial charge on any atom is 0.265 e. The lowest BCUT2D eigenvalue weighted by Crippen LogP contribution is -2.39. The number of carbonyl (C=O) groups excluding carboxylic acids is 2. The largest absolute Gasteiger partial charge is 0.482 e. The van der Waals surface area contributed by atoms with Crippen molar-refractivity contribution in [1.29, 1.82) is 0 Å². The molecule has 140 valence electrons. The molecule has 0 spiro atoms. The third kappa shape index (κ3) is 4.76. The average Bonchev–Trinajstić information content (AvgIpc) is 2.67. The van der Waals surface area contributed by atoms with Gasteiger partial charge in [-0.05, 0) is 43.2 Å². The number of carbonyl (C=O) groups is 2. The molecule has 0 saturated heterocycles. The molecule has 0 bridgehead atoms. The minimum Gasteiger partial charge on any atom is -0.482 e. The summed E-state index contributed by atoms with van der Waals surface area (Å²) >= 11 is 0. The number of anilines is 2. The molecule has 1 aliphatic heterocycles. The Hall–Kier alpha value is -3.08. The van der Waals surface area contributed by atoms with Gasteiger partial charge in [-0.25, -0.2) is 0 Å². The molecule has 0 atom stereocenters. The van der Waals surface area contributed by atoms with Crippen molar-refractivity contribution in [1.82, 2.24) is 0 Å². The Balaban J connectivity index is 1.72. The first-order chi connectivity index (χ1) is 13.1. The van der Waals surface area contributed by atoms with Gasteiger partial charge in [0.05, 0.1) is 5.69 Å². The van der Waals surface area contributed by atoms with Crippen molar-refractivity contribution in [2.24, 2.45) is 0 Å². The van der Waals surface area contributed by atoms with Crippen LogP contribution >= 0.6 is 0 Å². The molecule has 2 amide bonds. The van der Waals surface area contributed by atoms with Crippen molar-refractivity contribution < 1.29 is 14.3 Å². The van der Waals surface area contributed by atoms with E-state index in [4.69, 9.17) is 4.74 Å². The van der Waals surface area contributed by atoms with Crippen molar-refractivity contribution in [2.45, 2.75) is 26.7 Å². The molecule has 3 rings (SSSR count). The van der Waals surface area contributed by atoms with E-state index in [2.05, 4.69) is 12.2 Å². The van der Waals surface area contributed by atoms with Crippen molar-refractivity contribution in [3.63, 3.8) is 0 Å². The number of unbranched alkanes of at least 4 members (excludes halogenated alkanes) is 1. The zero-order valence-electron chi connectivity index (χ0n) is 15.7. The van der Waals surface area contributed by atoms with E-state index < -0.39 is 0 Å². The van der Waals surface area contributed by atoms with Crippen LogP contribution in [0.15, 0.2) is 48.5 Å². The van der Waals surface area contributed by atoms with Crippen molar-refractivity contribution >= 4 is 29.3 Å². The van der Waals surface area contributed by atoms with Crippen LogP contribution in [0, 0.1) is 6.92 Å². The predicted octanol–water partition coefficient (Wildman–Crippen LogP) is 4.17. The molecule has 0 radical (unpaired) electrons. The van der Waals surface area contributed by atoms with Gasteiger partial charge in [-0.3, -0.25) is 9.59 Å². The van der Waals surface area contributed by atoms with Crippen LogP contribution in [-0.2, 0) is 9.59 Å². The summed E-state index contributed by atoms with van der Waals surface area (Å²) in [4.78, 5) is 26.1. The summed E-state index contributed by atoms with van der Waals surface area (Å²) in [5.74, 6) is 0.385. The molecule has 5 nitrogen and oxygen atoms in total. The van der Waals surface area contributed by atoms with E-state index in [9.17, 15) is 9.59 Å². The first kappa shape index (κ1) is 18.7. The Morgan fingerprint density at radius 1 is 1.22 bits per heavy atom. The van der Waals surface area contributed by atoms with E-state index in [0.717, 1.165) is 18.4 Å². The Morgan fingerprint density at radius 2 is 2.00 bits per heavy atom. The molecule has 0 aliphatic carbocycles. The number of hydrogen-bond donors (Lipinski definition) is 1. The molecule has 0 unspecified atom stereocenters. The normalized spacial score (nSPS) is 13.4. The van der Waals surface area contributed by atoms with Gasteiger partial charge in [0.2, 0.25) is 5.91 Å². The van der Waals surface area contributed by atoms with Crippen LogP contribution in [0.1, 0.15) is 30.9 Å². The highest BCUT2D eigenvalue weighted by molar-refractivity contribution is 6.03. The highest BCUT2D eigenvalue weighted by Gasteiger charge is 2.25. The van der Waals surface area contributed by atoms with Gasteiger partial charge in [0.25, 0.3) is 5.91 Å². The van der Waals surface area contributed by atoms with Crippen LogP contribution in [0.2, 0.25) is 0 Å². The molecule has 0 fully saturated rings. The monoisotopic (exact) mass is 364 g/mol. The fourth-order valence-corrected chi connectivity index (χ4v) is 2.87. The third-order valence-electron chi connectivity index (χ3n) is 4.41. The number of ether oxygens (including phenoxy) is 1. The standard InChI is InChI=1S/C22H24N2O3/c1-3-4-13-24-19-14-18(10-11-20(19)27-15-22(24)26)23-21(25)12-9-17-7-5-16(2)6-8-17/h5-12,14H,3-4,13,15H2,1-2H3,(H,23,25)/b12-9+. The molecule has 2 aromatic carbocycles. The number of nitrogens with one attached hydrogen (secondary N) is 1. The van der Waals surface area contributed by atoms with Crippen molar-refractivity contribution in [3.05, 3.63) is 59.7 Å². The SMILES string of the molecule is CCCCN1C(=O)COc2ccc(NC(=O)/C=C/c3ccc(C)cc3)cc21. The second-order valence-corrected chi connectivity index (χ2v) is 6.60. The Kier molecular flexibility index (Phi) is 5.91. The number of benzene rings is 2. The summed E-state index contributed by atoms with van der Waals surface area (Å²) in [7, 11) is 0. The minimum atomic E-state index is -0.223. The quantitative estimate of drug-likeness (QED) is 0.783. The third-order valence-corrected chi connectivity index (χ3v) is 4.41. The maximum absolute atomic E-state index is 12.2. The molecule has 0 saturated carbocycles. The first-order valence-electron chi connectivity index (χ1n) is 9.20. The summed E-state index contributed by atoms with van der Waals surface area (Å²) in [6.07, 6.45) is 5.19. The second-order valence-electron chi connectivity index (χ2n) is 6.60. The van der Waals surface area contributed by atoms with Crippen molar-refractivity contribution in [2.75, 3.05) is 23.4 Å². The number of hydrogen-bond acceptors (Lipinski definition) is 3. The van der Waals surface area contributed by atoms with Crippen LogP contribution in [0.4, 0.5) is 11.4 Å². The van der Waals surface area contributed by atoms with Gasteiger partial charge in [0.1, 0.15) is 5.75 Å². The highest BCUT2D eigenvalue weighted by Crippen LogP contribution is 2.34. The van der Waals surface area contributed by atoms with E-state index in [-0.39, 0.29) is 18.4 Å². The second kappa shape index (κ2) is 8.54. The van der Waals surface area contributed by atoms with Crippen LogP contribution in [0.3, 0.4) is 0 Å². The average molecular weight is 364 g/mol. The number of nitrogens with zero attached hydrogens (tertiary/aromatic N) is 1. The van der Waals surface area contributed by atoms with Gasteiger partial charge < -0.3 is 15.0 Å². The van der Waals surface area contributed by atoms with Gasteiger partial charge in [-0.1, -0.05) is 43.2 Å². The lowest BCUT2D eigenvalue weighted by molar-refractivity contribution is -0.121. The molecule has 2 aromatic rings. The maximum atomic E-state index is 12.2. The summed E-state index contributed by atoms with van der Waals surface area (Å²) in [5, 5.41) is 2.85. The van der Waals surface area contributed by atoms with E-state index in [0.29, 0.717) is 23.7 Å². The van der Waals surface area contributed by atoms with E-state index in [1.54, 1.807) is 29.2 Å². The van der Waals surface area contributed by atoms with E-state index >= 15 is 0 Å². The fourth-order valence-electron chi connectivity index (χ4n) is 2.87. The van der Waals surface area contributed by atoms with Crippen molar-refractivity contribution in [3.8, 4) is 5.75 Å². The summed E-state index contributed by atoms with van der Waals surface area (Å²) in [6.45, 7) is 4.82. The van der Waals surface area contributed by atoms with Gasteiger partial charge in [0.15, 0.2) is 6.61 Å². The van der Waals surface area contributed by atoms with Gasteiger partial charge in [-0.15, -0.1) is 0 Å². The van der Waals surface area contributed by atoms with Crippen LogP contribution in [0.25, 0.3) is 6.08 Å². The summed E-state index contributed by atoms with van der Waals surface area (Å²) < 4.78 is 5.50. The topological polar surface area (TPSA) is 58.6 Å². The molecule has 0 aromatic heterocycles. The molecule has 1 heterocycles.